The molecule has 0 spiro atoms. The van der Waals surface area contributed by atoms with Gasteiger partial charge in [-0.05, 0) is 128 Å². The molecule has 0 bridgehead atoms. The smallest absolute Gasteiger partial charge is 0.252 e. The van der Waals surface area contributed by atoms with E-state index in [1.54, 1.807) is 0 Å². The van der Waals surface area contributed by atoms with Gasteiger partial charge in [-0.2, -0.15) is 0 Å². The van der Waals surface area contributed by atoms with E-state index < -0.39 is 0 Å². The summed E-state index contributed by atoms with van der Waals surface area (Å²) in [6.45, 7) is 16.2. The number of para-hydroxylation sites is 2. The first-order chi connectivity index (χ1) is 32.9. The summed E-state index contributed by atoms with van der Waals surface area (Å²) in [7, 11) is 0. The van der Waals surface area contributed by atoms with Crippen LogP contribution in [0.25, 0.3) is 64.4 Å². The largest absolute Gasteiger partial charge is 0.455 e. The maximum atomic E-state index is 6.52. The molecule has 68 heavy (non-hydrogen) atoms. The summed E-state index contributed by atoms with van der Waals surface area (Å²) < 4.78 is 9.18. The Bertz CT molecular complexity index is 3600. The first-order valence-electron chi connectivity index (χ1n) is 23.9. The fraction of sp³-hybridized carbons (Fsp3) is 0.143. The molecule has 0 N–H and O–H groups in total. The topological polar surface area (TPSA) is 19.6 Å². The third kappa shape index (κ3) is 6.25. The number of anilines is 6. The van der Waals surface area contributed by atoms with Crippen molar-refractivity contribution in [1.29, 1.82) is 0 Å². The van der Waals surface area contributed by atoms with E-state index >= 15 is 0 Å². The van der Waals surface area contributed by atoms with E-state index in [0.29, 0.717) is 0 Å². The van der Waals surface area contributed by atoms with E-state index in [2.05, 4.69) is 234 Å². The third-order valence-corrected chi connectivity index (χ3v) is 15.8. The Morgan fingerprint density at radius 1 is 0.456 bits per heavy atom. The molecular formula is C63H51BN2OS. The number of thiophene rings is 1. The summed E-state index contributed by atoms with van der Waals surface area (Å²) in [5.41, 5.74) is 21.6. The van der Waals surface area contributed by atoms with E-state index in [1.165, 1.54) is 87.1 Å². The van der Waals surface area contributed by atoms with Crippen molar-refractivity contribution in [2.75, 3.05) is 9.80 Å². The molecule has 2 aromatic heterocycles. The molecule has 0 fully saturated rings. The van der Waals surface area contributed by atoms with Gasteiger partial charge in [-0.25, -0.2) is 0 Å². The summed E-state index contributed by atoms with van der Waals surface area (Å²) in [4.78, 5) is 5.10. The van der Waals surface area contributed by atoms with Gasteiger partial charge in [0.15, 0.2) is 0 Å². The van der Waals surface area contributed by atoms with Gasteiger partial charge < -0.3 is 14.2 Å². The van der Waals surface area contributed by atoms with Gasteiger partial charge >= 0.3 is 0 Å². The molecule has 328 valence electrons. The van der Waals surface area contributed by atoms with Crippen LogP contribution >= 0.6 is 11.3 Å². The Morgan fingerprint density at radius 2 is 0.971 bits per heavy atom. The minimum atomic E-state index is -0.0363. The van der Waals surface area contributed by atoms with Gasteiger partial charge in [-0.1, -0.05) is 163 Å². The van der Waals surface area contributed by atoms with Crippen molar-refractivity contribution in [2.24, 2.45) is 0 Å². The predicted molar refractivity (Wildman–Crippen MR) is 294 cm³/mol. The second-order valence-electron chi connectivity index (χ2n) is 21.0. The Kier molecular flexibility index (Phi) is 8.92. The Labute approximate surface area is 403 Å². The zero-order chi connectivity index (χ0) is 46.2. The monoisotopic (exact) mass is 894 g/mol. The van der Waals surface area contributed by atoms with Crippen molar-refractivity contribution in [3.8, 4) is 22.3 Å². The van der Waals surface area contributed by atoms with E-state index in [-0.39, 0.29) is 17.5 Å². The summed E-state index contributed by atoms with van der Waals surface area (Å²) in [6, 6.07) is 68.3. The Morgan fingerprint density at radius 3 is 1.57 bits per heavy atom. The van der Waals surface area contributed by atoms with E-state index in [0.717, 1.165) is 44.4 Å². The molecular weight excluding hydrogens is 844 g/mol. The lowest BCUT2D eigenvalue weighted by Gasteiger charge is -2.45. The van der Waals surface area contributed by atoms with Gasteiger partial charge in [-0.3, -0.25) is 0 Å². The molecule has 0 aliphatic carbocycles. The highest BCUT2D eigenvalue weighted by molar-refractivity contribution is 7.26. The highest BCUT2D eigenvalue weighted by Gasteiger charge is 2.44. The molecule has 3 nitrogen and oxygen atoms in total. The van der Waals surface area contributed by atoms with E-state index in [1.807, 2.05) is 17.4 Å². The molecule has 0 atom stereocenters. The van der Waals surface area contributed by atoms with Crippen LogP contribution < -0.4 is 26.2 Å². The second kappa shape index (κ2) is 14.8. The lowest BCUT2D eigenvalue weighted by molar-refractivity contribution is 0.590. The summed E-state index contributed by atoms with van der Waals surface area (Å²) in [5, 5.41) is 4.93. The first kappa shape index (κ1) is 40.9. The van der Waals surface area contributed by atoms with Crippen LogP contribution in [0.4, 0.5) is 34.1 Å². The molecule has 11 aromatic rings. The fourth-order valence-corrected chi connectivity index (χ4v) is 12.4. The average Bonchev–Trinajstić information content (AvgIpc) is 3.92. The molecule has 13 rings (SSSR count). The van der Waals surface area contributed by atoms with Crippen LogP contribution in [0.1, 0.15) is 58.2 Å². The number of hydrogen-bond acceptors (Lipinski definition) is 4. The van der Waals surface area contributed by atoms with Gasteiger partial charge in [0.05, 0.1) is 0 Å². The van der Waals surface area contributed by atoms with Crippen LogP contribution in [-0.4, -0.2) is 6.71 Å². The molecule has 0 radical (unpaired) electrons. The molecule has 0 saturated carbocycles. The van der Waals surface area contributed by atoms with Gasteiger partial charge in [0.25, 0.3) is 6.71 Å². The van der Waals surface area contributed by atoms with Gasteiger partial charge in [0, 0.05) is 70.6 Å². The molecule has 2 aliphatic rings. The lowest BCUT2D eigenvalue weighted by atomic mass is 9.33. The van der Waals surface area contributed by atoms with Crippen LogP contribution in [0.2, 0.25) is 0 Å². The van der Waals surface area contributed by atoms with Gasteiger partial charge in [0.1, 0.15) is 11.2 Å². The lowest BCUT2D eigenvalue weighted by Crippen LogP contribution is -2.61. The van der Waals surface area contributed by atoms with Crippen molar-refractivity contribution in [3.63, 3.8) is 0 Å². The first-order valence-corrected chi connectivity index (χ1v) is 24.8. The minimum Gasteiger partial charge on any atom is -0.455 e. The fourth-order valence-electron chi connectivity index (χ4n) is 11.1. The average molecular weight is 895 g/mol. The zero-order valence-corrected chi connectivity index (χ0v) is 40.4. The van der Waals surface area contributed by atoms with Crippen molar-refractivity contribution in [2.45, 2.75) is 59.3 Å². The van der Waals surface area contributed by atoms with Gasteiger partial charge in [0.2, 0.25) is 0 Å². The van der Waals surface area contributed by atoms with E-state index in [4.69, 9.17) is 4.42 Å². The highest BCUT2D eigenvalue weighted by atomic mass is 32.1. The molecule has 0 saturated heterocycles. The second-order valence-corrected chi connectivity index (χ2v) is 22.1. The normalized spacial score (nSPS) is 13.4. The van der Waals surface area contributed by atoms with Crippen LogP contribution in [0.15, 0.2) is 186 Å². The minimum absolute atomic E-state index is 0.0312. The molecule has 2 aliphatic heterocycles. The van der Waals surface area contributed by atoms with Crippen LogP contribution in [0.5, 0.6) is 0 Å². The van der Waals surface area contributed by atoms with Crippen molar-refractivity contribution in [1.82, 2.24) is 0 Å². The number of hydrogen-bond donors (Lipinski definition) is 0. The standard InChI is InChI=1S/C63H51BN2OS/c1-38-34-55-59-56(35-38)66(44-30-24-40(25-31-44)46-17-13-19-50-48-15-9-11-21-58(48)68-61(46)50)54-37-42(63(5,6)7)27-33-52(54)64(59)51-32-26-41(62(2,3)4)36-53(51)65(55)43-28-22-39(23-29-43)45-16-12-18-49-47-14-8-10-20-57(47)67-60(45)49/h8-37H,1-7H3. The van der Waals surface area contributed by atoms with Crippen LogP contribution in [-0.2, 0) is 10.8 Å². The number of nitrogens with zero attached hydrogens (tertiary/aromatic N) is 2. The molecule has 5 heteroatoms. The highest BCUT2D eigenvalue weighted by Crippen LogP contribution is 2.48. The maximum Gasteiger partial charge on any atom is 0.252 e. The Hall–Kier alpha value is -7.34. The SMILES string of the molecule is Cc1cc2c3c(c1)N(c1ccc(-c4cccc5c4sc4ccccc45)cc1)c1cc(C(C)(C)C)ccc1B3c1ccc(C(C)(C)C)cc1N2c1ccc(-c2cccc3c2oc2ccccc23)cc1. The third-order valence-electron chi connectivity index (χ3n) is 14.6. The molecule has 0 amide bonds. The van der Waals surface area contributed by atoms with Crippen molar-refractivity contribution < 1.29 is 4.42 Å². The van der Waals surface area contributed by atoms with E-state index in [9.17, 15) is 0 Å². The quantitative estimate of drug-likeness (QED) is 0.164. The molecule has 0 unspecified atom stereocenters. The van der Waals surface area contributed by atoms with Crippen LogP contribution in [0.3, 0.4) is 0 Å². The zero-order valence-electron chi connectivity index (χ0n) is 39.6. The molecule has 4 heterocycles. The van der Waals surface area contributed by atoms with Crippen molar-refractivity contribution in [3.05, 3.63) is 199 Å². The number of fused-ring (bicyclic) bond motifs is 10. The predicted octanol–water partition coefficient (Wildman–Crippen LogP) is 16.3. The summed E-state index contributed by atoms with van der Waals surface area (Å²) >= 11 is 1.89. The number of rotatable bonds is 4. The summed E-state index contributed by atoms with van der Waals surface area (Å²) in [6.07, 6.45) is 0. The van der Waals surface area contributed by atoms with Crippen LogP contribution in [0, 0.1) is 6.92 Å². The maximum absolute atomic E-state index is 6.52. The van der Waals surface area contributed by atoms with Gasteiger partial charge in [-0.15, -0.1) is 11.3 Å². The number of aryl methyl sites for hydroxylation is 1. The molecule has 9 aromatic carbocycles. The number of furan rings is 1. The Balaban J connectivity index is 1.00. The summed E-state index contributed by atoms with van der Waals surface area (Å²) in [5.74, 6) is 0. The number of benzene rings is 9. The van der Waals surface area contributed by atoms with Crippen molar-refractivity contribution >= 4 is 111 Å².